The number of hydrogen-bond donors (Lipinski definition) is 1. The molecule has 0 aromatic rings. The van der Waals surface area contributed by atoms with Gasteiger partial charge in [-0.1, -0.05) is 0 Å². The molecule has 0 aromatic carbocycles. The van der Waals surface area contributed by atoms with Crippen molar-refractivity contribution < 1.29 is 36.9 Å². The third kappa shape index (κ3) is 7.79. The minimum absolute atomic E-state index is 0.0488. The van der Waals surface area contributed by atoms with E-state index < -0.39 is 24.2 Å². The van der Waals surface area contributed by atoms with Crippen molar-refractivity contribution in [3.63, 3.8) is 0 Å². The highest BCUT2D eigenvalue weighted by Gasteiger charge is 2.40. The number of carbonyl (C=O) groups excluding carboxylic acids is 1. The number of alkyl carbamates (subject to hydrolysis) is 1. The van der Waals surface area contributed by atoms with Crippen LogP contribution in [0.5, 0.6) is 0 Å². The van der Waals surface area contributed by atoms with Gasteiger partial charge >= 0.3 is 12.5 Å². The van der Waals surface area contributed by atoms with Crippen LogP contribution >= 0.6 is 0 Å². The zero-order chi connectivity index (χ0) is 18.7. The van der Waals surface area contributed by atoms with E-state index in [9.17, 15) is 18.0 Å². The van der Waals surface area contributed by atoms with Crippen LogP contribution < -0.4 is 5.32 Å². The molecular weight excluding hydrogens is 343 g/mol. The first-order chi connectivity index (χ1) is 11.5. The van der Waals surface area contributed by atoms with Crippen LogP contribution in [0.15, 0.2) is 0 Å². The minimum atomic E-state index is -4.58. The lowest BCUT2D eigenvalue weighted by Crippen LogP contribution is -2.49. The maximum Gasteiger partial charge on any atom is 0.522 e. The van der Waals surface area contributed by atoms with Gasteiger partial charge in [0.1, 0.15) is 5.60 Å². The van der Waals surface area contributed by atoms with Gasteiger partial charge in [0.25, 0.3) is 0 Å². The fourth-order valence-electron chi connectivity index (χ4n) is 2.66. The summed E-state index contributed by atoms with van der Waals surface area (Å²) in [6.45, 7) is 6.13. The highest BCUT2D eigenvalue weighted by molar-refractivity contribution is 5.68. The number of rotatable bonds is 7. The zero-order valence-electron chi connectivity index (χ0n) is 14.7. The molecule has 2 aliphatic rings. The Hall–Kier alpha value is -1.06. The Morgan fingerprint density at radius 1 is 0.960 bits per heavy atom. The molecule has 2 aliphatic carbocycles. The van der Waals surface area contributed by atoms with Crippen LogP contribution in [-0.4, -0.2) is 55.6 Å². The Labute approximate surface area is 145 Å². The van der Waals surface area contributed by atoms with E-state index in [2.05, 4.69) is 10.1 Å². The summed E-state index contributed by atoms with van der Waals surface area (Å²) in [6, 6.07) is 0.0488. The van der Waals surface area contributed by atoms with Gasteiger partial charge in [-0.25, -0.2) is 4.79 Å². The van der Waals surface area contributed by atoms with Crippen LogP contribution in [0.1, 0.15) is 46.5 Å². The lowest BCUT2D eigenvalue weighted by Gasteiger charge is -2.37. The van der Waals surface area contributed by atoms with E-state index in [1.807, 2.05) is 0 Å². The number of hydrogen-bond acceptors (Lipinski definition) is 5. The Bertz CT molecular complexity index is 440. The van der Waals surface area contributed by atoms with Crippen LogP contribution in [0.4, 0.5) is 18.0 Å². The van der Waals surface area contributed by atoms with Crippen molar-refractivity contribution in [2.24, 2.45) is 0 Å². The second-order valence-corrected chi connectivity index (χ2v) is 7.46. The first-order valence-electron chi connectivity index (χ1n) is 8.47. The lowest BCUT2D eigenvalue weighted by molar-refractivity contribution is -0.357. The van der Waals surface area contributed by atoms with Gasteiger partial charge in [0.05, 0.1) is 31.5 Å². The number of alkyl halides is 3. The van der Waals surface area contributed by atoms with Gasteiger partial charge in [0.15, 0.2) is 0 Å². The van der Waals surface area contributed by atoms with Crippen molar-refractivity contribution >= 4 is 6.09 Å². The molecule has 0 saturated heterocycles. The average Bonchev–Trinajstić information content (AvgIpc) is 2.32. The summed E-state index contributed by atoms with van der Waals surface area (Å²) in [5.41, 5.74) is -0.521. The lowest BCUT2D eigenvalue weighted by atomic mass is 9.89. The predicted octanol–water partition coefficient (Wildman–Crippen LogP) is 3.14. The molecule has 2 rings (SSSR count). The number of halogens is 3. The first-order valence-corrected chi connectivity index (χ1v) is 8.47. The van der Waals surface area contributed by atoms with Crippen LogP contribution in [0.25, 0.3) is 0 Å². The van der Waals surface area contributed by atoms with Crippen LogP contribution in [-0.2, 0) is 18.9 Å². The fraction of sp³-hybridized carbons (Fsp3) is 0.938. The average molecular weight is 369 g/mol. The summed E-state index contributed by atoms with van der Waals surface area (Å²) < 4.78 is 56.0. The summed E-state index contributed by atoms with van der Waals surface area (Å²) in [7, 11) is 0. The number of amides is 1. The number of carbonyl (C=O) groups is 1. The zero-order valence-corrected chi connectivity index (χ0v) is 14.7. The highest BCUT2D eigenvalue weighted by Crippen LogP contribution is 2.32. The molecule has 0 bridgehead atoms. The summed E-state index contributed by atoms with van der Waals surface area (Å²) in [4.78, 5) is 11.6. The molecule has 2 saturated carbocycles. The topological polar surface area (TPSA) is 66.0 Å². The quantitative estimate of drug-likeness (QED) is 0.699. The molecule has 0 spiro atoms. The van der Waals surface area contributed by atoms with E-state index in [0.29, 0.717) is 26.1 Å². The van der Waals surface area contributed by atoms with Crippen LogP contribution in [0.3, 0.4) is 0 Å². The SMILES string of the molecule is CC(C)(C)OC(=O)NC1CC(OCCOC2CC(OC(F)(F)F)C2)C1. The molecule has 2 fully saturated rings. The first kappa shape index (κ1) is 20.3. The molecule has 0 aromatic heterocycles. The largest absolute Gasteiger partial charge is 0.522 e. The molecule has 0 unspecified atom stereocenters. The van der Waals surface area contributed by atoms with E-state index in [1.54, 1.807) is 20.8 Å². The highest BCUT2D eigenvalue weighted by atomic mass is 19.4. The van der Waals surface area contributed by atoms with E-state index in [0.717, 1.165) is 0 Å². The summed E-state index contributed by atoms with van der Waals surface area (Å²) in [6.07, 6.45) is -4.00. The molecule has 0 aliphatic heterocycles. The van der Waals surface area contributed by atoms with Gasteiger partial charge in [-0.15, -0.1) is 13.2 Å². The Balaban J connectivity index is 1.43. The van der Waals surface area contributed by atoms with Gasteiger partial charge in [0.2, 0.25) is 0 Å². The second kappa shape index (κ2) is 8.09. The van der Waals surface area contributed by atoms with Gasteiger partial charge < -0.3 is 19.5 Å². The molecular formula is C16H26F3NO5. The monoisotopic (exact) mass is 369 g/mol. The van der Waals surface area contributed by atoms with Crippen molar-refractivity contribution in [2.75, 3.05) is 13.2 Å². The summed E-state index contributed by atoms with van der Waals surface area (Å²) >= 11 is 0. The van der Waals surface area contributed by atoms with Crippen LogP contribution in [0.2, 0.25) is 0 Å². The second-order valence-electron chi connectivity index (χ2n) is 7.46. The Kier molecular flexibility index (Phi) is 6.56. The van der Waals surface area contributed by atoms with Gasteiger partial charge in [-0.3, -0.25) is 4.74 Å². The number of nitrogens with one attached hydrogen (secondary N) is 1. The molecule has 25 heavy (non-hydrogen) atoms. The third-order valence-electron chi connectivity index (χ3n) is 3.96. The fourth-order valence-corrected chi connectivity index (χ4v) is 2.66. The van der Waals surface area contributed by atoms with Crippen molar-refractivity contribution in [1.82, 2.24) is 5.32 Å². The van der Waals surface area contributed by atoms with E-state index >= 15 is 0 Å². The van der Waals surface area contributed by atoms with Crippen LogP contribution in [0, 0.1) is 0 Å². The molecule has 6 nitrogen and oxygen atoms in total. The third-order valence-corrected chi connectivity index (χ3v) is 3.96. The Morgan fingerprint density at radius 3 is 1.96 bits per heavy atom. The minimum Gasteiger partial charge on any atom is -0.444 e. The van der Waals surface area contributed by atoms with E-state index in [-0.39, 0.29) is 31.1 Å². The molecule has 0 heterocycles. The summed E-state index contributed by atoms with van der Waals surface area (Å²) in [5.74, 6) is 0. The number of ether oxygens (including phenoxy) is 4. The van der Waals surface area contributed by atoms with Gasteiger partial charge in [-0.2, -0.15) is 0 Å². The molecule has 9 heteroatoms. The molecule has 146 valence electrons. The van der Waals surface area contributed by atoms with Crippen molar-refractivity contribution in [3.8, 4) is 0 Å². The Morgan fingerprint density at radius 2 is 1.48 bits per heavy atom. The normalized spacial score (nSPS) is 29.5. The van der Waals surface area contributed by atoms with Crippen molar-refractivity contribution in [2.45, 2.75) is 82.8 Å². The summed E-state index contributed by atoms with van der Waals surface area (Å²) in [5, 5.41) is 2.78. The van der Waals surface area contributed by atoms with Crippen molar-refractivity contribution in [1.29, 1.82) is 0 Å². The maximum atomic E-state index is 12.0. The molecule has 1 N–H and O–H groups in total. The molecule has 1 amide bonds. The standard InChI is InChI=1S/C16H26F3NO5/c1-15(2,3)25-14(21)20-10-6-11(7-10)22-4-5-23-12-8-13(9-12)24-16(17,18)19/h10-13H,4-9H2,1-3H3,(H,20,21). The van der Waals surface area contributed by atoms with E-state index in [1.165, 1.54) is 0 Å². The molecule has 0 atom stereocenters. The van der Waals surface area contributed by atoms with E-state index in [4.69, 9.17) is 14.2 Å². The maximum absolute atomic E-state index is 12.0. The molecule has 0 radical (unpaired) electrons. The van der Waals surface area contributed by atoms with Gasteiger partial charge in [0, 0.05) is 18.9 Å². The predicted molar refractivity (Wildman–Crippen MR) is 82.0 cm³/mol. The van der Waals surface area contributed by atoms with Crippen molar-refractivity contribution in [3.05, 3.63) is 0 Å². The smallest absolute Gasteiger partial charge is 0.444 e. The van der Waals surface area contributed by atoms with Gasteiger partial charge in [-0.05, 0) is 33.6 Å².